The highest BCUT2D eigenvalue weighted by Crippen LogP contribution is 2.55. The van der Waals surface area contributed by atoms with Gasteiger partial charge in [0, 0.05) is 11.5 Å². The quantitative estimate of drug-likeness (QED) is 0.711. The molecule has 2 heterocycles. The molecular formula is C13H13NO2. The van der Waals surface area contributed by atoms with Crippen molar-refractivity contribution in [2.75, 3.05) is 6.61 Å². The first-order chi connectivity index (χ1) is 7.86. The molecule has 1 saturated carbocycles. The third kappa shape index (κ3) is 0.990. The number of nitrogens with zero attached hydrogens (tertiary/aromatic N) is 1. The van der Waals surface area contributed by atoms with E-state index in [4.69, 9.17) is 4.74 Å². The first-order valence-corrected chi connectivity index (χ1v) is 5.85. The average Bonchev–Trinajstić information content (AvgIpc) is 2.92. The number of rotatable bonds is 1. The highest BCUT2D eigenvalue weighted by Gasteiger charge is 2.62. The summed E-state index contributed by atoms with van der Waals surface area (Å²) in [5.74, 6) is 1.21. The van der Waals surface area contributed by atoms with E-state index in [1.54, 1.807) is 0 Å². The zero-order valence-electron chi connectivity index (χ0n) is 8.87. The van der Waals surface area contributed by atoms with Crippen LogP contribution in [0.25, 0.3) is 0 Å². The predicted molar refractivity (Wildman–Crippen MR) is 57.4 cm³/mol. The molecule has 3 heteroatoms. The summed E-state index contributed by atoms with van der Waals surface area (Å²) in [6, 6.07) is 10.4. The van der Waals surface area contributed by atoms with Crippen LogP contribution in [-0.4, -0.2) is 23.5 Å². The van der Waals surface area contributed by atoms with Crippen LogP contribution in [0.15, 0.2) is 30.3 Å². The van der Waals surface area contributed by atoms with E-state index >= 15 is 0 Å². The van der Waals surface area contributed by atoms with Gasteiger partial charge in [-0.3, -0.25) is 4.79 Å². The second kappa shape index (κ2) is 2.86. The fraction of sp³-hybridized carbons (Fsp3) is 0.462. The molecule has 1 aromatic carbocycles. The highest BCUT2D eigenvalue weighted by atomic mass is 16.5. The lowest BCUT2D eigenvalue weighted by Crippen LogP contribution is -2.34. The van der Waals surface area contributed by atoms with Gasteiger partial charge in [-0.25, -0.2) is 0 Å². The van der Waals surface area contributed by atoms with Crippen LogP contribution in [0, 0.1) is 11.8 Å². The van der Waals surface area contributed by atoms with E-state index in [1.807, 2.05) is 35.2 Å². The molecular weight excluding hydrogens is 202 g/mol. The largest absolute Gasteiger partial charge is 0.352 e. The maximum Gasteiger partial charge on any atom is 0.228 e. The van der Waals surface area contributed by atoms with E-state index in [1.165, 1.54) is 0 Å². The molecule has 0 spiro atoms. The van der Waals surface area contributed by atoms with Crippen molar-refractivity contribution in [3.63, 3.8) is 0 Å². The second-order valence-corrected chi connectivity index (χ2v) is 4.92. The van der Waals surface area contributed by atoms with E-state index in [-0.39, 0.29) is 6.23 Å². The van der Waals surface area contributed by atoms with Crippen molar-refractivity contribution in [1.29, 1.82) is 0 Å². The first kappa shape index (κ1) is 8.76. The molecule has 3 aliphatic rings. The van der Waals surface area contributed by atoms with E-state index in [0.717, 1.165) is 12.0 Å². The Hall–Kier alpha value is -1.35. The average molecular weight is 215 g/mol. The number of ether oxygens (including phenoxy) is 1. The van der Waals surface area contributed by atoms with Gasteiger partial charge in [0.05, 0.1) is 12.6 Å². The number of benzene rings is 1. The van der Waals surface area contributed by atoms with Gasteiger partial charge >= 0.3 is 0 Å². The standard InChI is InChI=1S/C13H13NO2/c15-12-10-6-9(10)11-7-16-13(14(11)12)8-4-2-1-3-5-8/h1-5,9-11,13H,6-7H2/t9-,10+,11+,13+/m1/s1. The number of carbonyl (C=O) groups is 1. The Morgan fingerprint density at radius 3 is 2.88 bits per heavy atom. The third-order valence-corrected chi connectivity index (χ3v) is 4.03. The SMILES string of the molecule is O=C1[C@H]2C[C@H]2[C@@H]2CO[C@@H](c3ccccc3)N12. The summed E-state index contributed by atoms with van der Waals surface area (Å²) in [6.45, 7) is 0.715. The fourth-order valence-electron chi connectivity index (χ4n) is 3.12. The van der Waals surface area contributed by atoms with E-state index in [9.17, 15) is 4.79 Å². The monoisotopic (exact) mass is 215 g/mol. The van der Waals surface area contributed by atoms with Crippen molar-refractivity contribution >= 4 is 5.91 Å². The van der Waals surface area contributed by atoms with Crippen molar-refractivity contribution in [1.82, 2.24) is 4.90 Å². The molecule has 2 aliphatic heterocycles. The smallest absolute Gasteiger partial charge is 0.228 e. The number of amides is 1. The van der Waals surface area contributed by atoms with Gasteiger partial charge in [-0.2, -0.15) is 0 Å². The van der Waals surface area contributed by atoms with Crippen molar-refractivity contribution in [3.05, 3.63) is 35.9 Å². The van der Waals surface area contributed by atoms with Crippen molar-refractivity contribution in [2.45, 2.75) is 18.7 Å². The molecule has 16 heavy (non-hydrogen) atoms. The lowest BCUT2D eigenvalue weighted by Gasteiger charge is -2.24. The minimum absolute atomic E-state index is 0.133. The molecule has 0 unspecified atom stereocenters. The van der Waals surface area contributed by atoms with Crippen LogP contribution < -0.4 is 0 Å². The Bertz CT molecular complexity index is 445. The van der Waals surface area contributed by atoms with Crippen LogP contribution in [0.5, 0.6) is 0 Å². The van der Waals surface area contributed by atoms with Crippen LogP contribution in [0.3, 0.4) is 0 Å². The Labute approximate surface area is 94.0 Å². The van der Waals surface area contributed by atoms with Gasteiger partial charge in [-0.15, -0.1) is 0 Å². The number of carbonyl (C=O) groups excluding carboxylic acids is 1. The Balaban J connectivity index is 1.70. The van der Waals surface area contributed by atoms with E-state index < -0.39 is 0 Å². The molecule has 0 N–H and O–H groups in total. The van der Waals surface area contributed by atoms with Crippen molar-refractivity contribution in [3.8, 4) is 0 Å². The van der Waals surface area contributed by atoms with Crippen molar-refractivity contribution in [2.24, 2.45) is 11.8 Å². The summed E-state index contributed by atoms with van der Waals surface area (Å²) in [4.78, 5) is 14.0. The minimum Gasteiger partial charge on any atom is -0.352 e. The van der Waals surface area contributed by atoms with Gasteiger partial charge in [0.1, 0.15) is 0 Å². The molecule has 4 atom stereocenters. The molecule has 82 valence electrons. The summed E-state index contributed by atoms with van der Waals surface area (Å²) in [5, 5.41) is 0. The normalized spacial score (nSPS) is 39.8. The van der Waals surface area contributed by atoms with Crippen LogP contribution >= 0.6 is 0 Å². The van der Waals surface area contributed by atoms with Gasteiger partial charge < -0.3 is 9.64 Å². The third-order valence-electron chi connectivity index (χ3n) is 4.03. The molecule has 1 amide bonds. The lowest BCUT2D eigenvalue weighted by molar-refractivity contribution is -0.136. The summed E-state index contributed by atoms with van der Waals surface area (Å²) >= 11 is 0. The predicted octanol–water partition coefficient (Wildman–Crippen LogP) is 1.56. The highest BCUT2D eigenvalue weighted by molar-refractivity contribution is 5.86. The number of fused-ring (bicyclic) bond motifs is 3. The Kier molecular flexibility index (Phi) is 1.56. The molecule has 1 aliphatic carbocycles. The maximum atomic E-state index is 12.1. The number of hydrogen-bond donors (Lipinski definition) is 0. The molecule has 1 aromatic rings. The lowest BCUT2D eigenvalue weighted by atomic mass is 10.1. The Morgan fingerprint density at radius 2 is 2.06 bits per heavy atom. The minimum atomic E-state index is -0.133. The molecule has 4 rings (SSSR count). The Morgan fingerprint density at radius 1 is 1.25 bits per heavy atom. The van der Waals surface area contributed by atoms with Crippen LogP contribution in [0.1, 0.15) is 18.2 Å². The first-order valence-electron chi connectivity index (χ1n) is 5.85. The zero-order chi connectivity index (χ0) is 10.7. The summed E-state index contributed by atoms with van der Waals surface area (Å²) in [5.41, 5.74) is 1.10. The van der Waals surface area contributed by atoms with Gasteiger partial charge in [-0.05, 0) is 12.3 Å². The summed E-state index contributed by atoms with van der Waals surface area (Å²) in [6.07, 6.45) is 0.955. The molecule has 3 fully saturated rings. The molecule has 0 bridgehead atoms. The van der Waals surface area contributed by atoms with Crippen LogP contribution in [-0.2, 0) is 9.53 Å². The van der Waals surface area contributed by atoms with Gasteiger partial charge in [0.15, 0.2) is 6.23 Å². The number of hydrogen-bond acceptors (Lipinski definition) is 2. The second-order valence-electron chi connectivity index (χ2n) is 4.92. The van der Waals surface area contributed by atoms with Crippen LogP contribution in [0.2, 0.25) is 0 Å². The fourth-order valence-corrected chi connectivity index (χ4v) is 3.12. The van der Waals surface area contributed by atoms with E-state index in [0.29, 0.717) is 30.4 Å². The van der Waals surface area contributed by atoms with Crippen LogP contribution in [0.4, 0.5) is 0 Å². The molecule has 2 saturated heterocycles. The summed E-state index contributed by atoms with van der Waals surface area (Å²) < 4.78 is 5.78. The number of piperidine rings is 1. The van der Waals surface area contributed by atoms with E-state index in [2.05, 4.69) is 0 Å². The van der Waals surface area contributed by atoms with Crippen molar-refractivity contribution < 1.29 is 9.53 Å². The van der Waals surface area contributed by atoms with Gasteiger partial charge in [0.25, 0.3) is 0 Å². The zero-order valence-corrected chi connectivity index (χ0v) is 8.87. The topological polar surface area (TPSA) is 29.5 Å². The molecule has 0 aromatic heterocycles. The maximum absolute atomic E-state index is 12.1. The summed E-state index contributed by atoms with van der Waals surface area (Å²) in [7, 11) is 0. The molecule has 0 radical (unpaired) electrons. The molecule has 3 nitrogen and oxygen atoms in total. The van der Waals surface area contributed by atoms with Gasteiger partial charge in [-0.1, -0.05) is 30.3 Å². The van der Waals surface area contributed by atoms with Gasteiger partial charge in [0.2, 0.25) is 5.91 Å².